The van der Waals surface area contributed by atoms with E-state index in [0.717, 1.165) is 44.3 Å². The van der Waals surface area contributed by atoms with Crippen molar-refractivity contribution in [3.05, 3.63) is 29.8 Å². The molecule has 6 nitrogen and oxygen atoms in total. The Morgan fingerprint density at radius 1 is 1.21 bits per heavy atom. The zero-order valence-corrected chi connectivity index (χ0v) is 15.0. The van der Waals surface area contributed by atoms with Gasteiger partial charge in [-0.3, -0.25) is 4.18 Å². The Bertz CT molecular complexity index is 633. The molecule has 1 aromatic carbocycles. The summed E-state index contributed by atoms with van der Waals surface area (Å²) in [6, 6.07) is 7.47. The topological polar surface area (TPSA) is 72.9 Å². The van der Waals surface area contributed by atoms with Crippen LogP contribution in [0.2, 0.25) is 0 Å². The van der Waals surface area contributed by atoms with Gasteiger partial charge in [0.2, 0.25) is 0 Å². The molecule has 24 heavy (non-hydrogen) atoms. The van der Waals surface area contributed by atoms with Gasteiger partial charge in [-0.05, 0) is 56.4 Å². The van der Waals surface area contributed by atoms with Gasteiger partial charge in [-0.2, -0.15) is 8.42 Å². The van der Waals surface area contributed by atoms with Gasteiger partial charge in [0, 0.05) is 18.8 Å². The number of nitrogens with zero attached hydrogens (tertiary/aromatic N) is 1. The number of carbonyl (C=O) groups excluding carboxylic acids is 1. The third-order valence-electron chi connectivity index (χ3n) is 4.18. The largest absolute Gasteiger partial charge is 0.462 e. The van der Waals surface area contributed by atoms with Crippen molar-refractivity contribution >= 4 is 21.8 Å². The monoisotopic (exact) mass is 355 g/mol. The van der Waals surface area contributed by atoms with Crippen molar-refractivity contribution in [1.29, 1.82) is 0 Å². The smallest absolute Gasteiger partial charge is 0.338 e. The molecule has 1 aliphatic rings. The van der Waals surface area contributed by atoms with Gasteiger partial charge >= 0.3 is 5.97 Å². The molecule has 0 bridgehead atoms. The molecule has 0 atom stereocenters. The van der Waals surface area contributed by atoms with E-state index < -0.39 is 10.1 Å². The standard InChI is InChI=1S/C17H25NO5S/c1-3-22-17(19)15-4-6-16(7-5-15)18-11-8-14(9-12-18)10-13-23-24(2,20)21/h4-7,14H,3,8-13H2,1-2H3. The molecule has 0 N–H and O–H groups in total. The van der Waals surface area contributed by atoms with Crippen molar-refractivity contribution in [3.63, 3.8) is 0 Å². The molecule has 0 aromatic heterocycles. The van der Waals surface area contributed by atoms with Crippen molar-refractivity contribution in [1.82, 2.24) is 0 Å². The second kappa shape index (κ2) is 8.48. The van der Waals surface area contributed by atoms with Crippen LogP contribution in [-0.2, 0) is 19.0 Å². The van der Waals surface area contributed by atoms with Crippen LogP contribution in [0.1, 0.15) is 36.5 Å². The maximum absolute atomic E-state index is 11.7. The average Bonchev–Trinajstić information content (AvgIpc) is 2.55. The first-order chi connectivity index (χ1) is 11.4. The Morgan fingerprint density at radius 2 is 1.83 bits per heavy atom. The number of hydrogen-bond donors (Lipinski definition) is 0. The summed E-state index contributed by atoms with van der Waals surface area (Å²) in [7, 11) is -3.34. The quantitative estimate of drug-likeness (QED) is 0.552. The van der Waals surface area contributed by atoms with E-state index >= 15 is 0 Å². The summed E-state index contributed by atoms with van der Waals surface area (Å²) in [6.45, 7) is 4.26. The maximum Gasteiger partial charge on any atom is 0.338 e. The molecule has 1 aromatic rings. The van der Waals surface area contributed by atoms with Crippen LogP contribution in [-0.4, -0.2) is 46.9 Å². The van der Waals surface area contributed by atoms with Crippen molar-refractivity contribution < 1.29 is 22.1 Å². The second-order valence-corrected chi connectivity index (χ2v) is 7.66. The molecule has 1 fully saturated rings. The van der Waals surface area contributed by atoms with Crippen LogP contribution in [0.4, 0.5) is 5.69 Å². The number of ether oxygens (including phenoxy) is 1. The number of hydrogen-bond acceptors (Lipinski definition) is 6. The lowest BCUT2D eigenvalue weighted by atomic mass is 9.93. The van der Waals surface area contributed by atoms with Gasteiger partial charge in [0.15, 0.2) is 0 Å². The zero-order valence-electron chi connectivity index (χ0n) is 14.2. The predicted octanol–water partition coefficient (Wildman–Crippen LogP) is 2.45. The van der Waals surface area contributed by atoms with Crippen molar-refractivity contribution in [2.45, 2.75) is 26.2 Å². The molecule has 1 saturated heterocycles. The minimum atomic E-state index is -3.34. The Labute approximate surface area is 143 Å². The number of benzene rings is 1. The van der Waals surface area contributed by atoms with Crippen LogP contribution in [0, 0.1) is 5.92 Å². The third kappa shape index (κ3) is 5.79. The van der Waals surface area contributed by atoms with E-state index in [1.807, 2.05) is 12.1 Å². The minimum absolute atomic E-state index is 0.262. The highest BCUT2D eigenvalue weighted by Gasteiger charge is 2.20. The van der Waals surface area contributed by atoms with Crippen LogP contribution in [0.3, 0.4) is 0 Å². The van der Waals surface area contributed by atoms with Gasteiger partial charge in [-0.15, -0.1) is 0 Å². The molecule has 1 heterocycles. The molecule has 134 valence electrons. The van der Waals surface area contributed by atoms with Crippen LogP contribution in [0.5, 0.6) is 0 Å². The SMILES string of the molecule is CCOC(=O)c1ccc(N2CCC(CCOS(C)(=O)=O)CC2)cc1. The van der Waals surface area contributed by atoms with E-state index in [9.17, 15) is 13.2 Å². The maximum atomic E-state index is 11.7. The molecule has 0 spiro atoms. The number of piperidine rings is 1. The zero-order chi connectivity index (χ0) is 17.6. The van der Waals surface area contributed by atoms with E-state index in [4.69, 9.17) is 8.92 Å². The lowest BCUT2D eigenvalue weighted by Gasteiger charge is -2.33. The molecule has 0 aliphatic carbocycles. The van der Waals surface area contributed by atoms with E-state index in [0.29, 0.717) is 18.1 Å². The van der Waals surface area contributed by atoms with Crippen LogP contribution in [0.25, 0.3) is 0 Å². The lowest BCUT2D eigenvalue weighted by Crippen LogP contribution is -2.34. The summed E-state index contributed by atoms with van der Waals surface area (Å²) in [4.78, 5) is 13.9. The average molecular weight is 355 g/mol. The molecular weight excluding hydrogens is 330 g/mol. The van der Waals surface area contributed by atoms with Gasteiger partial charge in [0.25, 0.3) is 10.1 Å². The Kier molecular flexibility index (Phi) is 6.62. The number of carbonyl (C=O) groups is 1. The first-order valence-corrected chi connectivity index (χ1v) is 10.1. The summed E-state index contributed by atoms with van der Waals surface area (Å²) >= 11 is 0. The molecular formula is C17H25NO5S. The van der Waals surface area contributed by atoms with Gasteiger partial charge in [0.1, 0.15) is 0 Å². The summed E-state index contributed by atoms with van der Waals surface area (Å²) in [5.74, 6) is 0.190. The van der Waals surface area contributed by atoms with Gasteiger partial charge in [-0.1, -0.05) is 0 Å². The van der Waals surface area contributed by atoms with E-state index in [1.165, 1.54) is 0 Å². The molecule has 0 unspecified atom stereocenters. The molecule has 2 rings (SSSR count). The van der Waals surface area contributed by atoms with E-state index in [-0.39, 0.29) is 12.6 Å². The van der Waals surface area contributed by atoms with E-state index in [1.54, 1.807) is 19.1 Å². The predicted molar refractivity (Wildman–Crippen MR) is 92.7 cm³/mol. The second-order valence-electron chi connectivity index (χ2n) is 6.01. The van der Waals surface area contributed by atoms with Crippen LogP contribution in [0.15, 0.2) is 24.3 Å². The summed E-state index contributed by atoms with van der Waals surface area (Å²) in [5.41, 5.74) is 1.65. The summed E-state index contributed by atoms with van der Waals surface area (Å²) in [6.07, 6.45) is 3.86. The lowest BCUT2D eigenvalue weighted by molar-refractivity contribution is 0.0526. The number of anilines is 1. The van der Waals surface area contributed by atoms with Crippen LogP contribution >= 0.6 is 0 Å². The molecule has 0 saturated carbocycles. The molecule has 7 heteroatoms. The fraction of sp³-hybridized carbons (Fsp3) is 0.588. The number of esters is 1. The van der Waals surface area contributed by atoms with Crippen molar-refractivity contribution in [2.75, 3.05) is 37.5 Å². The summed E-state index contributed by atoms with van der Waals surface area (Å²) in [5, 5.41) is 0. The Morgan fingerprint density at radius 3 is 2.38 bits per heavy atom. The van der Waals surface area contributed by atoms with Gasteiger partial charge in [-0.25, -0.2) is 4.79 Å². The van der Waals surface area contributed by atoms with Crippen molar-refractivity contribution in [3.8, 4) is 0 Å². The highest BCUT2D eigenvalue weighted by molar-refractivity contribution is 7.85. The minimum Gasteiger partial charge on any atom is -0.462 e. The molecule has 0 radical (unpaired) electrons. The van der Waals surface area contributed by atoms with Gasteiger partial charge < -0.3 is 9.64 Å². The number of rotatable bonds is 7. The van der Waals surface area contributed by atoms with Crippen molar-refractivity contribution in [2.24, 2.45) is 5.92 Å². The van der Waals surface area contributed by atoms with Crippen LogP contribution < -0.4 is 4.90 Å². The molecule has 1 aliphatic heterocycles. The Balaban J connectivity index is 1.80. The summed E-state index contributed by atoms with van der Waals surface area (Å²) < 4.78 is 31.7. The highest BCUT2D eigenvalue weighted by Crippen LogP contribution is 2.25. The third-order valence-corrected chi connectivity index (χ3v) is 4.78. The fourth-order valence-electron chi connectivity index (χ4n) is 2.87. The fourth-order valence-corrected chi connectivity index (χ4v) is 3.27. The molecule has 0 amide bonds. The first-order valence-electron chi connectivity index (χ1n) is 8.25. The normalized spacial score (nSPS) is 16.2. The first kappa shape index (κ1) is 18.7. The van der Waals surface area contributed by atoms with E-state index in [2.05, 4.69) is 4.90 Å². The van der Waals surface area contributed by atoms with Gasteiger partial charge in [0.05, 0.1) is 25.0 Å². The Hall–Kier alpha value is -1.60. The highest BCUT2D eigenvalue weighted by atomic mass is 32.2.